The van der Waals surface area contributed by atoms with Gasteiger partial charge in [-0.15, -0.1) is 0 Å². The average Bonchev–Trinajstić information content (AvgIpc) is 3.36. The van der Waals surface area contributed by atoms with E-state index in [1.54, 1.807) is 31.2 Å². The monoisotopic (exact) mass is 532 g/mol. The molecular formula is C31H30ClFN2O3. The van der Waals surface area contributed by atoms with E-state index in [-0.39, 0.29) is 5.56 Å². The lowest BCUT2D eigenvalue weighted by molar-refractivity contribution is 0.169. The zero-order valence-corrected chi connectivity index (χ0v) is 22.4. The van der Waals surface area contributed by atoms with Crippen molar-refractivity contribution in [3.8, 4) is 17.2 Å². The highest BCUT2D eigenvalue weighted by Crippen LogP contribution is 2.50. The number of nitrogens with zero attached hydrogens (tertiary/aromatic N) is 2. The number of halogens is 2. The van der Waals surface area contributed by atoms with Crippen molar-refractivity contribution in [3.63, 3.8) is 0 Å². The molecule has 7 heteroatoms. The summed E-state index contributed by atoms with van der Waals surface area (Å²) < 4.78 is 27.5. The van der Waals surface area contributed by atoms with Crippen LogP contribution in [0.15, 0.2) is 54.6 Å². The minimum Gasteiger partial charge on any atom is -0.505 e. The number of rotatable bonds is 6. The van der Waals surface area contributed by atoms with Crippen molar-refractivity contribution < 1.29 is 19.0 Å². The molecule has 3 atom stereocenters. The van der Waals surface area contributed by atoms with Gasteiger partial charge in [0.2, 0.25) is 0 Å². The summed E-state index contributed by atoms with van der Waals surface area (Å²) in [4.78, 5) is 6.13. The van der Waals surface area contributed by atoms with Crippen LogP contribution in [0, 0.1) is 18.3 Å². The number of ether oxygens (including phenoxy) is 2. The number of phenolic OH excluding ortho intramolecular Hbond substituents is 1. The van der Waals surface area contributed by atoms with Gasteiger partial charge in [-0.05, 0) is 91.4 Å². The topological polar surface area (TPSA) is 46.3 Å². The van der Waals surface area contributed by atoms with Crippen LogP contribution in [0.25, 0.3) is 16.0 Å². The minimum absolute atomic E-state index is 0.187. The molecule has 1 fully saturated rings. The van der Waals surface area contributed by atoms with Crippen LogP contribution in [0.5, 0.6) is 17.2 Å². The number of aromatic hydroxyl groups is 1. The Hall–Kier alpha value is -3.53. The van der Waals surface area contributed by atoms with E-state index in [9.17, 15) is 5.11 Å². The number of benzene rings is 3. The fourth-order valence-electron chi connectivity index (χ4n) is 5.35. The van der Waals surface area contributed by atoms with E-state index in [1.807, 2.05) is 24.3 Å². The molecule has 0 radical (unpaired) electrons. The smallest absolute Gasteiger partial charge is 0.196 e. The van der Waals surface area contributed by atoms with E-state index in [0.717, 1.165) is 30.3 Å². The first-order valence-corrected chi connectivity index (χ1v) is 13.2. The van der Waals surface area contributed by atoms with Crippen LogP contribution in [-0.2, 0) is 0 Å². The van der Waals surface area contributed by atoms with Crippen molar-refractivity contribution in [1.29, 1.82) is 0 Å². The Morgan fingerprint density at radius 2 is 1.97 bits per heavy atom. The lowest BCUT2D eigenvalue weighted by Crippen LogP contribution is -2.35. The minimum atomic E-state index is -0.750. The summed E-state index contributed by atoms with van der Waals surface area (Å²) in [5, 5.41) is 10.5. The van der Waals surface area contributed by atoms with Crippen LogP contribution in [0.4, 0.5) is 10.1 Å². The molecule has 3 aromatic carbocycles. The molecular weight excluding hydrogens is 503 g/mol. The predicted molar refractivity (Wildman–Crippen MR) is 148 cm³/mol. The third-order valence-electron chi connectivity index (χ3n) is 7.49. The highest BCUT2D eigenvalue weighted by Gasteiger charge is 2.33. The number of fused-ring (bicyclic) bond motifs is 1. The van der Waals surface area contributed by atoms with Gasteiger partial charge < -0.3 is 14.6 Å². The third kappa shape index (κ3) is 4.97. The van der Waals surface area contributed by atoms with E-state index in [4.69, 9.17) is 27.6 Å². The molecule has 0 bridgehead atoms. The van der Waals surface area contributed by atoms with Gasteiger partial charge in [-0.1, -0.05) is 36.7 Å². The van der Waals surface area contributed by atoms with Crippen molar-refractivity contribution in [2.45, 2.75) is 39.3 Å². The van der Waals surface area contributed by atoms with E-state index in [2.05, 4.69) is 23.6 Å². The number of hydrogen-bond acceptors (Lipinski definition) is 4. The Balaban J connectivity index is 1.48. The number of allylic oxidation sites excluding steroid dienone is 1. The largest absolute Gasteiger partial charge is 0.505 e. The average molecular weight is 533 g/mol. The fourth-order valence-corrected chi connectivity index (χ4v) is 5.51. The molecule has 5 rings (SSSR count). The van der Waals surface area contributed by atoms with Gasteiger partial charge in [0.15, 0.2) is 17.3 Å². The van der Waals surface area contributed by atoms with E-state index < -0.39 is 17.7 Å². The summed E-state index contributed by atoms with van der Waals surface area (Å²) in [7, 11) is 0. The summed E-state index contributed by atoms with van der Waals surface area (Å²) in [6, 6.07) is 15.9. The standard InChI is InChI=1S/C31H30ClFN2O3/c1-18-13-14-35(16-18)19(2)17-37-23-8-5-21(6-9-23)31-28(24-10-7-22(32)15-25(24)34-4)20(3)29-27(38-31)12-11-26(36)30(29)33/h5-12,15,18-19,31,36H,13-14,16-17H2,1-3H3/t18-,19+,31?/m1/s1. The maximum atomic E-state index is 15.1. The first-order valence-electron chi connectivity index (χ1n) is 12.8. The van der Waals surface area contributed by atoms with E-state index in [1.165, 1.54) is 12.5 Å². The van der Waals surface area contributed by atoms with Gasteiger partial charge in [0.05, 0.1) is 12.1 Å². The molecule has 2 heterocycles. The van der Waals surface area contributed by atoms with Gasteiger partial charge in [0.1, 0.15) is 24.2 Å². The van der Waals surface area contributed by atoms with Crippen LogP contribution in [-0.4, -0.2) is 35.7 Å². The zero-order valence-electron chi connectivity index (χ0n) is 21.7. The Morgan fingerprint density at radius 3 is 2.66 bits per heavy atom. The first kappa shape index (κ1) is 26.1. The van der Waals surface area contributed by atoms with E-state index >= 15 is 4.39 Å². The first-order chi connectivity index (χ1) is 18.3. The molecule has 5 nitrogen and oxygen atoms in total. The summed E-state index contributed by atoms with van der Waals surface area (Å²) in [6.45, 7) is 16.8. The van der Waals surface area contributed by atoms with Crippen LogP contribution in [0.3, 0.4) is 0 Å². The summed E-state index contributed by atoms with van der Waals surface area (Å²) >= 11 is 6.17. The molecule has 1 N–H and O–H groups in total. The molecule has 196 valence electrons. The molecule has 0 aliphatic carbocycles. The number of likely N-dealkylation sites (tertiary alicyclic amines) is 1. The van der Waals surface area contributed by atoms with Crippen LogP contribution in [0.2, 0.25) is 5.02 Å². The molecule has 0 spiro atoms. The fraction of sp³-hybridized carbons (Fsp3) is 0.323. The molecule has 38 heavy (non-hydrogen) atoms. The van der Waals surface area contributed by atoms with Crippen LogP contribution < -0.4 is 9.47 Å². The second-order valence-corrected chi connectivity index (χ2v) is 10.6. The molecule has 1 saturated heterocycles. The predicted octanol–water partition coefficient (Wildman–Crippen LogP) is 7.91. The normalized spacial score (nSPS) is 20.0. The van der Waals surface area contributed by atoms with Gasteiger partial charge >= 0.3 is 0 Å². The van der Waals surface area contributed by atoms with Gasteiger partial charge in [0, 0.05) is 17.6 Å². The van der Waals surface area contributed by atoms with E-state index in [0.29, 0.717) is 45.8 Å². The highest BCUT2D eigenvalue weighted by atomic mass is 35.5. The van der Waals surface area contributed by atoms with Gasteiger partial charge in [-0.25, -0.2) is 9.24 Å². The highest BCUT2D eigenvalue weighted by molar-refractivity contribution is 6.31. The second kappa shape index (κ2) is 10.7. The molecule has 0 amide bonds. The molecule has 3 aromatic rings. The molecule has 2 aliphatic rings. The Bertz CT molecular complexity index is 1430. The Labute approximate surface area is 227 Å². The third-order valence-corrected chi connectivity index (χ3v) is 7.73. The van der Waals surface area contributed by atoms with Gasteiger partial charge in [-0.2, -0.15) is 0 Å². The van der Waals surface area contributed by atoms with Crippen molar-refractivity contribution in [2.24, 2.45) is 5.92 Å². The molecule has 1 unspecified atom stereocenters. The van der Waals surface area contributed by atoms with Crippen LogP contribution >= 0.6 is 11.6 Å². The summed E-state index contributed by atoms with van der Waals surface area (Å²) in [5.74, 6) is 0.615. The number of hydrogen-bond donors (Lipinski definition) is 1. The molecule has 0 aromatic heterocycles. The lowest BCUT2D eigenvalue weighted by atomic mass is 9.85. The Morgan fingerprint density at radius 1 is 1.21 bits per heavy atom. The quantitative estimate of drug-likeness (QED) is 0.328. The summed E-state index contributed by atoms with van der Waals surface area (Å²) in [5.41, 5.74) is 3.20. The van der Waals surface area contributed by atoms with Crippen molar-refractivity contribution in [1.82, 2.24) is 4.90 Å². The second-order valence-electron chi connectivity index (χ2n) is 10.2. The summed E-state index contributed by atoms with van der Waals surface area (Å²) in [6.07, 6.45) is 0.623. The maximum absolute atomic E-state index is 15.1. The zero-order chi connectivity index (χ0) is 27.0. The van der Waals surface area contributed by atoms with Gasteiger partial charge in [-0.3, -0.25) is 4.90 Å². The maximum Gasteiger partial charge on any atom is 0.196 e. The Kier molecular flexibility index (Phi) is 7.34. The van der Waals surface area contributed by atoms with Crippen LogP contribution in [0.1, 0.15) is 50.0 Å². The molecule has 2 aliphatic heterocycles. The number of phenols is 1. The molecule has 0 saturated carbocycles. The SMILES string of the molecule is [C-]#[N+]c1cc(Cl)ccc1C1=C(C)c2c(ccc(O)c2F)OC1c1ccc(OC[C@H](C)N2CC[C@@H](C)C2)cc1. The van der Waals surface area contributed by atoms with Crippen molar-refractivity contribution in [3.05, 3.63) is 93.5 Å². The lowest BCUT2D eigenvalue weighted by Gasteiger charge is -2.32. The van der Waals surface area contributed by atoms with Crippen molar-refractivity contribution in [2.75, 3.05) is 19.7 Å². The van der Waals surface area contributed by atoms with Crippen molar-refractivity contribution >= 4 is 28.4 Å². The van der Waals surface area contributed by atoms with Gasteiger partial charge in [0.25, 0.3) is 0 Å².